The fourth-order valence-electron chi connectivity index (χ4n) is 1.96. The highest BCUT2D eigenvalue weighted by atomic mass is 16.5. The zero-order valence-electron chi connectivity index (χ0n) is 10.0. The van der Waals surface area contributed by atoms with Crippen LogP contribution in [0.3, 0.4) is 0 Å². The minimum atomic E-state index is -1.17. The lowest BCUT2D eigenvalue weighted by Gasteiger charge is -2.10. The molecule has 2 heterocycles. The second-order valence-corrected chi connectivity index (χ2v) is 4.18. The Bertz CT molecular complexity index is 463. The van der Waals surface area contributed by atoms with E-state index in [4.69, 9.17) is 9.84 Å². The predicted octanol–water partition coefficient (Wildman–Crippen LogP) is 0.0271. The molecule has 0 aromatic carbocycles. The van der Waals surface area contributed by atoms with Gasteiger partial charge in [0.15, 0.2) is 5.69 Å². The van der Waals surface area contributed by atoms with E-state index in [1.54, 1.807) is 0 Å². The van der Waals surface area contributed by atoms with Gasteiger partial charge in [0.25, 0.3) is 5.91 Å². The molecule has 1 unspecified atom stereocenters. The maximum Gasteiger partial charge on any atom is 0.354 e. The number of amides is 1. The zero-order chi connectivity index (χ0) is 13.1. The molecule has 0 saturated carbocycles. The highest BCUT2D eigenvalue weighted by molar-refractivity contribution is 6.03. The van der Waals surface area contributed by atoms with Crippen LogP contribution in [0.25, 0.3) is 0 Å². The number of aromatic carboxylic acids is 1. The lowest BCUT2D eigenvalue weighted by atomic mass is 10.2. The number of aromatic nitrogens is 2. The Morgan fingerprint density at radius 3 is 3.06 bits per heavy atom. The first-order valence-electron chi connectivity index (χ1n) is 5.74. The molecule has 7 nitrogen and oxygen atoms in total. The average Bonchev–Trinajstić information content (AvgIpc) is 2.94. The van der Waals surface area contributed by atoms with Gasteiger partial charge in [-0.1, -0.05) is 0 Å². The number of rotatable bonds is 4. The van der Waals surface area contributed by atoms with E-state index in [2.05, 4.69) is 10.4 Å². The summed E-state index contributed by atoms with van der Waals surface area (Å²) in [6, 6.07) is 0. The highest BCUT2D eigenvalue weighted by Crippen LogP contribution is 2.12. The maximum absolute atomic E-state index is 11.9. The molecule has 0 bridgehead atoms. The summed E-state index contributed by atoms with van der Waals surface area (Å²) < 4.78 is 6.54. The summed E-state index contributed by atoms with van der Waals surface area (Å²) >= 11 is 0. The van der Waals surface area contributed by atoms with E-state index in [9.17, 15) is 9.59 Å². The van der Waals surface area contributed by atoms with E-state index < -0.39 is 11.9 Å². The van der Waals surface area contributed by atoms with Crippen LogP contribution >= 0.6 is 0 Å². The summed E-state index contributed by atoms with van der Waals surface area (Å²) in [5.74, 6) is -1.60. The van der Waals surface area contributed by atoms with Crippen LogP contribution in [0.1, 0.15) is 33.7 Å². The smallest absolute Gasteiger partial charge is 0.354 e. The Labute approximate surface area is 104 Å². The molecule has 7 heteroatoms. The highest BCUT2D eigenvalue weighted by Gasteiger charge is 2.23. The molecule has 1 amide bonds. The Morgan fingerprint density at radius 2 is 2.44 bits per heavy atom. The number of hydrogen-bond donors (Lipinski definition) is 2. The van der Waals surface area contributed by atoms with Crippen LogP contribution in [-0.2, 0) is 11.8 Å². The normalized spacial score (nSPS) is 18.8. The molecular formula is C11H15N3O4. The Hall–Kier alpha value is -1.89. The molecule has 1 aliphatic heterocycles. The van der Waals surface area contributed by atoms with Crippen molar-refractivity contribution in [3.05, 3.63) is 17.5 Å². The molecule has 0 aliphatic carbocycles. The fraction of sp³-hybridized carbons (Fsp3) is 0.545. The lowest BCUT2D eigenvalue weighted by molar-refractivity contribution is 0.0677. The number of hydrogen-bond acceptors (Lipinski definition) is 4. The van der Waals surface area contributed by atoms with Gasteiger partial charge in [-0.05, 0) is 12.8 Å². The molecule has 98 valence electrons. The van der Waals surface area contributed by atoms with Crippen molar-refractivity contribution in [3.63, 3.8) is 0 Å². The average molecular weight is 253 g/mol. The number of aryl methyl sites for hydroxylation is 1. The summed E-state index contributed by atoms with van der Waals surface area (Å²) in [7, 11) is 1.49. The molecular weight excluding hydrogens is 238 g/mol. The van der Waals surface area contributed by atoms with Gasteiger partial charge in [0, 0.05) is 20.2 Å². The van der Waals surface area contributed by atoms with E-state index >= 15 is 0 Å². The third-order valence-electron chi connectivity index (χ3n) is 2.90. The van der Waals surface area contributed by atoms with Crippen LogP contribution in [0.2, 0.25) is 0 Å². The number of carboxylic acid groups (broad SMARTS) is 1. The number of carboxylic acids is 1. The topological polar surface area (TPSA) is 93.5 Å². The van der Waals surface area contributed by atoms with Crippen molar-refractivity contribution in [2.24, 2.45) is 7.05 Å². The van der Waals surface area contributed by atoms with Crippen LogP contribution in [0.15, 0.2) is 6.20 Å². The first-order valence-corrected chi connectivity index (χ1v) is 5.74. The second kappa shape index (κ2) is 5.18. The van der Waals surface area contributed by atoms with Gasteiger partial charge in [-0.3, -0.25) is 9.48 Å². The summed E-state index contributed by atoms with van der Waals surface area (Å²) in [5, 5.41) is 15.4. The van der Waals surface area contributed by atoms with Crippen molar-refractivity contribution in [2.75, 3.05) is 13.2 Å². The van der Waals surface area contributed by atoms with Crippen molar-refractivity contribution < 1.29 is 19.4 Å². The van der Waals surface area contributed by atoms with E-state index in [-0.39, 0.29) is 17.4 Å². The van der Waals surface area contributed by atoms with Gasteiger partial charge in [0.1, 0.15) is 0 Å². The third-order valence-corrected chi connectivity index (χ3v) is 2.90. The molecule has 1 atom stereocenters. The summed E-state index contributed by atoms with van der Waals surface area (Å²) in [6.45, 7) is 1.11. The SMILES string of the molecule is Cn1ncc(C(=O)NCC2CCCO2)c1C(=O)O. The van der Waals surface area contributed by atoms with Crippen molar-refractivity contribution in [3.8, 4) is 0 Å². The molecule has 0 radical (unpaired) electrons. The van der Waals surface area contributed by atoms with Crippen LogP contribution < -0.4 is 5.32 Å². The van der Waals surface area contributed by atoms with Gasteiger partial charge in [-0.2, -0.15) is 5.10 Å². The second-order valence-electron chi connectivity index (χ2n) is 4.18. The Kier molecular flexibility index (Phi) is 3.61. The first kappa shape index (κ1) is 12.6. The van der Waals surface area contributed by atoms with Gasteiger partial charge in [0.05, 0.1) is 17.9 Å². The van der Waals surface area contributed by atoms with Gasteiger partial charge in [0.2, 0.25) is 0 Å². The molecule has 1 saturated heterocycles. The van der Waals surface area contributed by atoms with Crippen LogP contribution in [0.4, 0.5) is 0 Å². The third kappa shape index (κ3) is 2.51. The largest absolute Gasteiger partial charge is 0.477 e. The van der Waals surface area contributed by atoms with E-state index in [0.29, 0.717) is 13.2 Å². The molecule has 1 aliphatic rings. The van der Waals surface area contributed by atoms with Crippen molar-refractivity contribution in [2.45, 2.75) is 18.9 Å². The predicted molar refractivity (Wildman–Crippen MR) is 61.5 cm³/mol. The maximum atomic E-state index is 11.9. The summed E-state index contributed by atoms with van der Waals surface area (Å²) in [6.07, 6.45) is 3.19. The van der Waals surface area contributed by atoms with Gasteiger partial charge >= 0.3 is 5.97 Å². The standard InChI is InChI=1S/C11H15N3O4/c1-14-9(11(16)17)8(6-13-14)10(15)12-5-7-3-2-4-18-7/h6-7H,2-5H2,1H3,(H,12,15)(H,16,17). The van der Waals surface area contributed by atoms with E-state index in [1.165, 1.54) is 17.9 Å². The molecule has 18 heavy (non-hydrogen) atoms. The monoisotopic (exact) mass is 253 g/mol. The van der Waals surface area contributed by atoms with Crippen molar-refractivity contribution in [1.29, 1.82) is 0 Å². The number of ether oxygens (including phenoxy) is 1. The quantitative estimate of drug-likeness (QED) is 0.789. The zero-order valence-corrected chi connectivity index (χ0v) is 10.0. The van der Waals surface area contributed by atoms with Crippen LogP contribution in [0.5, 0.6) is 0 Å². The number of nitrogens with zero attached hydrogens (tertiary/aromatic N) is 2. The minimum Gasteiger partial charge on any atom is -0.477 e. The van der Waals surface area contributed by atoms with Crippen molar-refractivity contribution >= 4 is 11.9 Å². The van der Waals surface area contributed by atoms with Crippen LogP contribution in [0, 0.1) is 0 Å². The molecule has 0 spiro atoms. The lowest BCUT2D eigenvalue weighted by Crippen LogP contribution is -2.32. The molecule has 2 rings (SSSR count). The van der Waals surface area contributed by atoms with Gasteiger partial charge < -0.3 is 15.2 Å². The van der Waals surface area contributed by atoms with E-state index in [1.807, 2.05) is 0 Å². The minimum absolute atomic E-state index is 0.0268. The number of carbonyl (C=O) groups is 2. The van der Waals surface area contributed by atoms with Crippen molar-refractivity contribution in [1.82, 2.24) is 15.1 Å². The Morgan fingerprint density at radius 1 is 1.67 bits per heavy atom. The number of nitrogens with one attached hydrogen (secondary N) is 1. The molecule has 1 aromatic heterocycles. The van der Waals surface area contributed by atoms with Gasteiger partial charge in [-0.15, -0.1) is 0 Å². The summed E-state index contributed by atoms with van der Waals surface area (Å²) in [4.78, 5) is 22.9. The molecule has 1 fully saturated rings. The summed E-state index contributed by atoms with van der Waals surface area (Å²) in [5.41, 5.74) is -0.0390. The molecule has 2 N–H and O–H groups in total. The first-order chi connectivity index (χ1) is 8.59. The van der Waals surface area contributed by atoms with Crippen LogP contribution in [-0.4, -0.2) is 46.0 Å². The number of carbonyl (C=O) groups excluding carboxylic acids is 1. The van der Waals surface area contributed by atoms with E-state index in [0.717, 1.165) is 12.8 Å². The van der Waals surface area contributed by atoms with Gasteiger partial charge in [-0.25, -0.2) is 4.79 Å². The Balaban J connectivity index is 2.02. The molecule has 1 aromatic rings. The fourth-order valence-corrected chi connectivity index (χ4v) is 1.96.